The summed E-state index contributed by atoms with van der Waals surface area (Å²) in [4.78, 5) is 37.6. The molecule has 9 heteroatoms. The fourth-order valence-electron chi connectivity index (χ4n) is 3.83. The number of urea groups is 1. The molecule has 0 aromatic heterocycles. The lowest BCUT2D eigenvalue weighted by Crippen LogP contribution is -2.46. The molecule has 192 valence electrons. The third kappa shape index (κ3) is 6.78. The van der Waals surface area contributed by atoms with Gasteiger partial charge in [0.15, 0.2) is 18.1 Å². The molecule has 1 unspecified atom stereocenters. The normalized spacial score (nSPS) is 15.0. The van der Waals surface area contributed by atoms with E-state index in [4.69, 9.17) is 14.2 Å². The minimum Gasteiger partial charge on any atom is -0.493 e. The summed E-state index contributed by atoms with van der Waals surface area (Å²) in [6.45, 7) is 5.73. The number of rotatable bonds is 11. The molecular weight excluding hydrogens is 462 g/mol. The molecule has 9 nitrogen and oxygen atoms in total. The van der Waals surface area contributed by atoms with Crippen LogP contribution in [0.5, 0.6) is 11.5 Å². The van der Waals surface area contributed by atoms with Crippen molar-refractivity contribution in [2.24, 2.45) is 0 Å². The number of nitrogens with one attached hydrogen (secondary N) is 3. The highest BCUT2D eigenvalue weighted by atomic mass is 16.5. The number of hydrogen-bond donors (Lipinski definition) is 3. The quantitative estimate of drug-likeness (QED) is 0.399. The Morgan fingerprint density at radius 2 is 1.81 bits per heavy atom. The van der Waals surface area contributed by atoms with Gasteiger partial charge in [-0.05, 0) is 56.5 Å². The molecule has 0 saturated heterocycles. The minimum atomic E-state index is -0.725. The summed E-state index contributed by atoms with van der Waals surface area (Å²) in [5, 5.41) is 8.36. The maximum absolute atomic E-state index is 12.9. The molecule has 0 fully saturated rings. The number of esters is 1. The van der Waals surface area contributed by atoms with E-state index in [-0.39, 0.29) is 19.1 Å². The molecule has 0 saturated carbocycles. The number of amides is 3. The number of aryl methyl sites for hydroxylation is 1. The lowest BCUT2D eigenvalue weighted by atomic mass is 9.93. The molecule has 1 aliphatic rings. The molecule has 0 spiro atoms. The Kier molecular flexibility index (Phi) is 9.32. The number of carbonyl (C=O) groups is 3. The lowest BCUT2D eigenvalue weighted by molar-refractivity contribution is -0.139. The summed E-state index contributed by atoms with van der Waals surface area (Å²) in [5.74, 6) is -0.0907. The van der Waals surface area contributed by atoms with Crippen molar-refractivity contribution in [3.05, 3.63) is 64.9 Å². The van der Waals surface area contributed by atoms with Gasteiger partial charge >= 0.3 is 12.0 Å². The Labute approximate surface area is 211 Å². The summed E-state index contributed by atoms with van der Waals surface area (Å²) >= 11 is 0. The van der Waals surface area contributed by atoms with Crippen LogP contribution in [-0.4, -0.2) is 38.2 Å². The zero-order chi connectivity index (χ0) is 26.1. The van der Waals surface area contributed by atoms with Crippen LogP contribution in [0.25, 0.3) is 0 Å². The number of benzene rings is 2. The first kappa shape index (κ1) is 26.6. The van der Waals surface area contributed by atoms with Gasteiger partial charge < -0.3 is 30.2 Å². The second kappa shape index (κ2) is 12.6. The molecule has 0 bridgehead atoms. The van der Waals surface area contributed by atoms with Crippen molar-refractivity contribution in [1.82, 2.24) is 10.6 Å². The molecule has 36 heavy (non-hydrogen) atoms. The summed E-state index contributed by atoms with van der Waals surface area (Å²) in [6, 6.07) is 11.4. The van der Waals surface area contributed by atoms with E-state index in [0.717, 1.165) is 18.4 Å². The third-order valence-electron chi connectivity index (χ3n) is 5.64. The van der Waals surface area contributed by atoms with Gasteiger partial charge in [-0.15, -0.1) is 0 Å². The molecule has 2 aromatic rings. The van der Waals surface area contributed by atoms with E-state index in [2.05, 4.69) is 16.0 Å². The fraction of sp³-hybridized carbons (Fsp3) is 0.370. The molecule has 0 aliphatic carbocycles. The summed E-state index contributed by atoms with van der Waals surface area (Å²) in [7, 11) is 1.48. The molecule has 1 atom stereocenters. The van der Waals surface area contributed by atoms with Crippen LogP contribution in [0.2, 0.25) is 0 Å². The van der Waals surface area contributed by atoms with Crippen LogP contribution >= 0.6 is 0 Å². The maximum atomic E-state index is 12.9. The van der Waals surface area contributed by atoms with Crippen molar-refractivity contribution >= 4 is 23.6 Å². The largest absolute Gasteiger partial charge is 0.493 e. The Bertz CT molecular complexity index is 1130. The molecule has 3 rings (SSSR count). The van der Waals surface area contributed by atoms with Crippen LogP contribution in [-0.2, 0) is 14.3 Å². The number of allylic oxidation sites excluding steroid dienone is 1. The first-order valence-corrected chi connectivity index (χ1v) is 12.0. The van der Waals surface area contributed by atoms with Gasteiger partial charge in [0.05, 0.1) is 25.3 Å². The smallest absolute Gasteiger partial charge is 0.338 e. The Morgan fingerprint density at radius 3 is 2.47 bits per heavy atom. The van der Waals surface area contributed by atoms with Gasteiger partial charge in [0.1, 0.15) is 0 Å². The standard InChI is InChI=1S/C27H33N3O6/c1-5-7-8-20-24(26(32)35-6-2)25(30-27(33)29-20)18-11-14-21(22(15-18)34-4)36-16-23(31)28-19-12-9-17(3)10-13-19/h9-15,25H,5-8,16H2,1-4H3,(H,28,31)(H2,29,30,33). The number of hydrogen-bond acceptors (Lipinski definition) is 6. The van der Waals surface area contributed by atoms with Crippen molar-refractivity contribution < 1.29 is 28.6 Å². The highest BCUT2D eigenvalue weighted by Crippen LogP contribution is 2.35. The average Bonchev–Trinajstić information content (AvgIpc) is 2.87. The van der Waals surface area contributed by atoms with E-state index < -0.39 is 18.0 Å². The first-order valence-electron chi connectivity index (χ1n) is 12.0. The van der Waals surface area contributed by atoms with E-state index in [1.54, 1.807) is 25.1 Å². The molecular formula is C27H33N3O6. The van der Waals surface area contributed by atoms with E-state index in [0.29, 0.717) is 40.4 Å². The third-order valence-corrected chi connectivity index (χ3v) is 5.64. The van der Waals surface area contributed by atoms with Gasteiger partial charge in [-0.25, -0.2) is 9.59 Å². The van der Waals surface area contributed by atoms with E-state index >= 15 is 0 Å². The summed E-state index contributed by atoms with van der Waals surface area (Å²) < 4.78 is 16.5. The van der Waals surface area contributed by atoms with Crippen LogP contribution in [0.4, 0.5) is 10.5 Å². The van der Waals surface area contributed by atoms with Gasteiger partial charge in [0.2, 0.25) is 0 Å². The second-order valence-electron chi connectivity index (χ2n) is 8.36. The maximum Gasteiger partial charge on any atom is 0.338 e. The van der Waals surface area contributed by atoms with Crippen molar-refractivity contribution in [3.8, 4) is 11.5 Å². The predicted octanol–water partition coefficient (Wildman–Crippen LogP) is 4.38. The highest BCUT2D eigenvalue weighted by molar-refractivity contribution is 5.95. The predicted molar refractivity (Wildman–Crippen MR) is 136 cm³/mol. The van der Waals surface area contributed by atoms with Crippen molar-refractivity contribution in [1.29, 1.82) is 0 Å². The molecule has 0 radical (unpaired) electrons. The number of methoxy groups -OCH3 is 1. The molecule has 3 amide bonds. The second-order valence-corrected chi connectivity index (χ2v) is 8.36. The molecule has 1 heterocycles. The fourth-order valence-corrected chi connectivity index (χ4v) is 3.83. The summed E-state index contributed by atoms with van der Waals surface area (Å²) in [6.07, 6.45) is 2.26. The molecule has 3 N–H and O–H groups in total. The Balaban J connectivity index is 1.81. The van der Waals surface area contributed by atoms with Crippen molar-refractivity contribution in [3.63, 3.8) is 0 Å². The average molecular weight is 496 g/mol. The van der Waals surface area contributed by atoms with Crippen LogP contribution < -0.4 is 25.4 Å². The Morgan fingerprint density at radius 1 is 1.06 bits per heavy atom. The van der Waals surface area contributed by atoms with E-state index in [1.165, 1.54) is 7.11 Å². The van der Waals surface area contributed by atoms with E-state index in [1.807, 2.05) is 38.1 Å². The van der Waals surface area contributed by atoms with Crippen molar-refractivity contribution in [2.45, 2.75) is 46.1 Å². The topological polar surface area (TPSA) is 115 Å². The van der Waals surface area contributed by atoms with Crippen LogP contribution in [0.3, 0.4) is 0 Å². The van der Waals surface area contributed by atoms with Crippen molar-refractivity contribution in [2.75, 3.05) is 25.6 Å². The van der Waals surface area contributed by atoms with Gasteiger partial charge in [0, 0.05) is 11.4 Å². The SMILES string of the molecule is CCCCC1=C(C(=O)OCC)C(c2ccc(OCC(=O)Nc3ccc(C)cc3)c(OC)c2)NC(=O)N1. The highest BCUT2D eigenvalue weighted by Gasteiger charge is 2.34. The number of ether oxygens (including phenoxy) is 3. The Hall–Kier alpha value is -4.01. The minimum absolute atomic E-state index is 0.213. The van der Waals surface area contributed by atoms with Crippen LogP contribution in [0.15, 0.2) is 53.7 Å². The van der Waals surface area contributed by atoms with Gasteiger partial charge in [-0.2, -0.15) is 0 Å². The summed E-state index contributed by atoms with van der Waals surface area (Å²) in [5.41, 5.74) is 3.30. The molecule has 2 aromatic carbocycles. The van der Waals surface area contributed by atoms with Crippen LogP contribution in [0, 0.1) is 6.92 Å². The lowest BCUT2D eigenvalue weighted by Gasteiger charge is -2.29. The first-order chi connectivity index (χ1) is 17.4. The molecule has 1 aliphatic heterocycles. The number of carbonyl (C=O) groups excluding carboxylic acids is 3. The zero-order valence-electron chi connectivity index (χ0n) is 21.1. The number of anilines is 1. The van der Waals surface area contributed by atoms with Gasteiger partial charge in [0.25, 0.3) is 5.91 Å². The number of unbranched alkanes of at least 4 members (excludes halogenated alkanes) is 1. The van der Waals surface area contributed by atoms with Gasteiger partial charge in [-0.3, -0.25) is 4.79 Å². The zero-order valence-corrected chi connectivity index (χ0v) is 21.1. The monoisotopic (exact) mass is 495 g/mol. The van der Waals surface area contributed by atoms with Crippen LogP contribution in [0.1, 0.15) is 50.3 Å². The van der Waals surface area contributed by atoms with E-state index in [9.17, 15) is 14.4 Å². The van der Waals surface area contributed by atoms with Gasteiger partial charge in [-0.1, -0.05) is 37.1 Å².